The lowest BCUT2D eigenvalue weighted by Crippen LogP contribution is -2.25. The highest BCUT2D eigenvalue weighted by Gasteiger charge is 2.08. The Hall–Kier alpha value is -1.62. The monoisotopic (exact) mass is 267 g/mol. The molecule has 0 radical (unpaired) electrons. The van der Waals surface area contributed by atoms with Crippen molar-refractivity contribution in [1.29, 1.82) is 0 Å². The molecule has 1 N–H and O–H groups in total. The third kappa shape index (κ3) is 1.66. The maximum Gasteiger partial charge on any atom is 0.419 e. The summed E-state index contributed by atoms with van der Waals surface area (Å²) in [6.07, 6.45) is -1.27. The first kappa shape index (κ1) is 9.92. The standard InChI is InChI=1S/C10H6BrNO3/c11-7-3-1-6-2-4-9(13)12(10(14)15)8(6)5-7/h1-5H,(H,14,15). The summed E-state index contributed by atoms with van der Waals surface area (Å²) in [6.45, 7) is 0. The zero-order valence-corrected chi connectivity index (χ0v) is 9.06. The van der Waals surface area contributed by atoms with Crippen molar-refractivity contribution < 1.29 is 9.90 Å². The molecule has 1 aromatic heterocycles. The number of aromatic nitrogens is 1. The van der Waals surface area contributed by atoms with Gasteiger partial charge in [-0.2, -0.15) is 0 Å². The van der Waals surface area contributed by atoms with Gasteiger partial charge in [-0.1, -0.05) is 22.0 Å². The van der Waals surface area contributed by atoms with Crippen molar-refractivity contribution in [3.63, 3.8) is 0 Å². The van der Waals surface area contributed by atoms with Gasteiger partial charge < -0.3 is 5.11 Å². The van der Waals surface area contributed by atoms with Gasteiger partial charge in [0.15, 0.2) is 0 Å². The SMILES string of the molecule is O=C(O)n1c(=O)ccc2ccc(Br)cc21. The summed E-state index contributed by atoms with van der Waals surface area (Å²) in [6, 6.07) is 7.98. The quantitative estimate of drug-likeness (QED) is 0.797. The molecule has 0 bridgehead atoms. The van der Waals surface area contributed by atoms with Gasteiger partial charge >= 0.3 is 6.09 Å². The minimum Gasteiger partial charge on any atom is -0.464 e. The van der Waals surface area contributed by atoms with E-state index >= 15 is 0 Å². The van der Waals surface area contributed by atoms with Crippen LogP contribution in [0.5, 0.6) is 0 Å². The zero-order chi connectivity index (χ0) is 11.0. The van der Waals surface area contributed by atoms with E-state index in [4.69, 9.17) is 5.11 Å². The summed E-state index contributed by atoms with van der Waals surface area (Å²) >= 11 is 3.23. The molecule has 0 atom stereocenters. The Kier molecular flexibility index (Phi) is 2.32. The molecular weight excluding hydrogens is 262 g/mol. The van der Waals surface area contributed by atoms with Crippen molar-refractivity contribution in [2.75, 3.05) is 0 Å². The van der Waals surface area contributed by atoms with E-state index in [2.05, 4.69) is 15.9 Å². The Labute approximate surface area is 92.9 Å². The van der Waals surface area contributed by atoms with E-state index in [1.165, 1.54) is 6.07 Å². The topological polar surface area (TPSA) is 59.3 Å². The van der Waals surface area contributed by atoms with Crippen LogP contribution in [0.4, 0.5) is 4.79 Å². The molecular formula is C10H6BrNO3. The maximum absolute atomic E-state index is 11.4. The van der Waals surface area contributed by atoms with Crippen LogP contribution >= 0.6 is 15.9 Å². The molecule has 2 rings (SSSR count). The van der Waals surface area contributed by atoms with Gasteiger partial charge in [-0.05, 0) is 23.6 Å². The molecule has 0 spiro atoms. The molecule has 0 fully saturated rings. The van der Waals surface area contributed by atoms with Crippen LogP contribution in [-0.2, 0) is 0 Å². The van der Waals surface area contributed by atoms with Gasteiger partial charge in [0.1, 0.15) is 0 Å². The minimum atomic E-state index is -1.27. The van der Waals surface area contributed by atoms with E-state index in [1.807, 2.05) is 0 Å². The van der Waals surface area contributed by atoms with Gasteiger partial charge in [0.25, 0.3) is 5.56 Å². The molecule has 0 saturated heterocycles. The van der Waals surface area contributed by atoms with Crippen LogP contribution in [-0.4, -0.2) is 15.8 Å². The highest BCUT2D eigenvalue weighted by atomic mass is 79.9. The van der Waals surface area contributed by atoms with E-state index in [1.54, 1.807) is 24.3 Å². The first-order valence-corrected chi connectivity index (χ1v) is 4.93. The summed E-state index contributed by atoms with van der Waals surface area (Å²) in [5.74, 6) is 0. The zero-order valence-electron chi connectivity index (χ0n) is 7.48. The second-order valence-electron chi connectivity index (χ2n) is 2.99. The molecule has 0 unspecified atom stereocenters. The number of nitrogens with zero attached hydrogens (tertiary/aromatic N) is 1. The maximum atomic E-state index is 11.4. The molecule has 0 saturated carbocycles. The third-order valence-electron chi connectivity index (χ3n) is 2.05. The van der Waals surface area contributed by atoms with Crippen LogP contribution < -0.4 is 5.56 Å². The average molecular weight is 268 g/mol. The van der Waals surface area contributed by atoms with Crippen LogP contribution in [0.2, 0.25) is 0 Å². The molecule has 5 heteroatoms. The highest BCUT2D eigenvalue weighted by molar-refractivity contribution is 9.10. The summed E-state index contributed by atoms with van der Waals surface area (Å²) in [7, 11) is 0. The fourth-order valence-corrected chi connectivity index (χ4v) is 1.75. The molecule has 0 aliphatic carbocycles. The number of carboxylic acid groups (broad SMARTS) is 1. The fourth-order valence-electron chi connectivity index (χ4n) is 1.40. The predicted octanol–water partition coefficient (Wildman–Crippen LogP) is 2.29. The summed E-state index contributed by atoms with van der Waals surface area (Å²) in [5, 5.41) is 9.61. The fraction of sp³-hybridized carbons (Fsp3) is 0. The molecule has 0 aliphatic rings. The summed E-state index contributed by atoms with van der Waals surface area (Å²) < 4.78 is 1.45. The van der Waals surface area contributed by atoms with Crippen LogP contribution in [0, 0.1) is 0 Å². The molecule has 15 heavy (non-hydrogen) atoms. The Bertz CT molecular complexity index is 603. The Morgan fingerprint density at radius 2 is 1.93 bits per heavy atom. The number of benzene rings is 1. The highest BCUT2D eigenvalue weighted by Crippen LogP contribution is 2.18. The third-order valence-corrected chi connectivity index (χ3v) is 2.54. The van der Waals surface area contributed by atoms with Gasteiger partial charge in [0.2, 0.25) is 0 Å². The molecule has 76 valence electrons. The molecule has 2 aromatic rings. The lowest BCUT2D eigenvalue weighted by molar-refractivity contribution is 0.196. The van der Waals surface area contributed by atoms with Crippen molar-refractivity contribution in [3.8, 4) is 0 Å². The Morgan fingerprint density at radius 3 is 2.60 bits per heavy atom. The van der Waals surface area contributed by atoms with Gasteiger partial charge in [-0.25, -0.2) is 9.36 Å². The first-order valence-electron chi connectivity index (χ1n) is 4.14. The lowest BCUT2D eigenvalue weighted by atomic mass is 10.2. The normalized spacial score (nSPS) is 10.5. The number of hydrogen-bond donors (Lipinski definition) is 1. The molecule has 4 nitrogen and oxygen atoms in total. The van der Waals surface area contributed by atoms with E-state index < -0.39 is 11.7 Å². The van der Waals surface area contributed by atoms with E-state index in [9.17, 15) is 9.59 Å². The second-order valence-corrected chi connectivity index (χ2v) is 3.91. The number of carbonyl (C=O) groups is 1. The molecule has 1 aromatic carbocycles. The number of rotatable bonds is 0. The molecule has 1 heterocycles. The van der Waals surface area contributed by atoms with Crippen molar-refractivity contribution >= 4 is 32.9 Å². The van der Waals surface area contributed by atoms with E-state index in [0.717, 1.165) is 9.04 Å². The second kappa shape index (κ2) is 3.51. The lowest BCUT2D eigenvalue weighted by Gasteiger charge is -2.04. The van der Waals surface area contributed by atoms with Gasteiger partial charge in [0, 0.05) is 10.5 Å². The number of hydrogen-bond acceptors (Lipinski definition) is 2. The first-order chi connectivity index (χ1) is 7.09. The van der Waals surface area contributed by atoms with Crippen molar-refractivity contribution in [2.24, 2.45) is 0 Å². The summed E-state index contributed by atoms with van der Waals surface area (Å²) in [5.41, 5.74) is -0.169. The molecule has 0 aliphatic heterocycles. The predicted molar refractivity (Wildman–Crippen MR) is 59.3 cm³/mol. The van der Waals surface area contributed by atoms with Gasteiger partial charge in [-0.15, -0.1) is 0 Å². The smallest absolute Gasteiger partial charge is 0.419 e. The van der Waals surface area contributed by atoms with Crippen molar-refractivity contribution in [2.45, 2.75) is 0 Å². The van der Waals surface area contributed by atoms with Gasteiger partial charge in [0.05, 0.1) is 5.52 Å². The van der Waals surface area contributed by atoms with Gasteiger partial charge in [-0.3, -0.25) is 4.79 Å². The number of fused-ring (bicyclic) bond motifs is 1. The number of halogens is 1. The minimum absolute atomic E-state index is 0.379. The van der Waals surface area contributed by atoms with E-state index in [0.29, 0.717) is 10.9 Å². The van der Waals surface area contributed by atoms with Crippen LogP contribution in [0.25, 0.3) is 10.9 Å². The van der Waals surface area contributed by atoms with E-state index in [-0.39, 0.29) is 0 Å². The Morgan fingerprint density at radius 1 is 1.27 bits per heavy atom. The molecule has 0 amide bonds. The summed E-state index contributed by atoms with van der Waals surface area (Å²) in [4.78, 5) is 22.2. The van der Waals surface area contributed by atoms with Crippen LogP contribution in [0.1, 0.15) is 0 Å². The number of pyridine rings is 1. The van der Waals surface area contributed by atoms with Crippen LogP contribution in [0.3, 0.4) is 0 Å². The Balaban J connectivity index is 2.97. The van der Waals surface area contributed by atoms with Crippen molar-refractivity contribution in [3.05, 3.63) is 45.2 Å². The van der Waals surface area contributed by atoms with Crippen molar-refractivity contribution in [1.82, 2.24) is 4.57 Å². The largest absolute Gasteiger partial charge is 0.464 e. The average Bonchev–Trinajstić information content (AvgIpc) is 2.16. The van der Waals surface area contributed by atoms with Crippen LogP contribution in [0.15, 0.2) is 39.6 Å².